The van der Waals surface area contributed by atoms with Crippen LogP contribution in [0.15, 0.2) is 0 Å². The number of hydrogen-bond acceptors (Lipinski definition) is 2. The van der Waals surface area contributed by atoms with Crippen molar-refractivity contribution in [2.45, 2.75) is 46.1 Å². The van der Waals surface area contributed by atoms with Crippen molar-refractivity contribution in [3.63, 3.8) is 0 Å². The fraction of sp³-hybridized carbons (Fsp3) is 1.00. The van der Waals surface area contributed by atoms with E-state index in [-0.39, 0.29) is 18.0 Å². The normalized spacial score (nSPS) is 15.0. The predicted octanol–water partition coefficient (Wildman–Crippen LogP) is 2.34. The summed E-state index contributed by atoms with van der Waals surface area (Å²) in [6, 6.07) is 0.102. The second-order valence-electron chi connectivity index (χ2n) is 5.47. The van der Waals surface area contributed by atoms with Gasteiger partial charge in [-0.15, -0.1) is 0 Å². The Labute approximate surface area is 91.8 Å². The number of hydrogen-bond donors (Lipinski definition) is 1. The first-order valence-electron chi connectivity index (χ1n) is 5.43. The maximum atomic E-state index is 12.0. The second-order valence-corrected chi connectivity index (χ2v) is 5.47. The summed E-state index contributed by atoms with van der Waals surface area (Å²) in [5.74, 6) is 0. The molecule has 0 radical (unpaired) electrons. The van der Waals surface area contributed by atoms with Crippen molar-refractivity contribution in [1.29, 1.82) is 0 Å². The van der Waals surface area contributed by atoms with Gasteiger partial charge in [-0.3, -0.25) is 0 Å². The van der Waals surface area contributed by atoms with Crippen molar-refractivity contribution in [3.05, 3.63) is 0 Å². The highest BCUT2D eigenvalue weighted by Crippen LogP contribution is 2.21. The van der Waals surface area contributed by atoms with Gasteiger partial charge in [0.25, 0.3) is 6.43 Å². The van der Waals surface area contributed by atoms with Crippen molar-refractivity contribution in [2.75, 3.05) is 20.1 Å². The Bertz CT molecular complexity index is 166. The molecule has 0 aliphatic heterocycles. The molecule has 0 aromatic rings. The Morgan fingerprint density at radius 2 is 1.80 bits per heavy atom. The maximum Gasteiger partial charge on any atom is 0.251 e. The van der Waals surface area contributed by atoms with Crippen LogP contribution in [-0.4, -0.2) is 37.5 Å². The minimum absolute atomic E-state index is 0.102. The highest BCUT2D eigenvalue weighted by molar-refractivity contribution is 4.72. The minimum atomic E-state index is -2.26. The molecular weight excluding hydrogens is 198 g/mol. The standard InChI is InChI=1S/C11H24F2N2/c1-11(2,3)7-9(14)5-6-15(4)8-10(12)13/h9-10H,5-8,14H2,1-4H3. The largest absolute Gasteiger partial charge is 0.328 e. The summed E-state index contributed by atoms with van der Waals surface area (Å²) in [4.78, 5) is 1.63. The van der Waals surface area contributed by atoms with E-state index in [2.05, 4.69) is 20.8 Å². The van der Waals surface area contributed by atoms with Crippen molar-refractivity contribution >= 4 is 0 Å². The third-order valence-electron chi connectivity index (χ3n) is 2.21. The first-order chi connectivity index (χ1) is 6.70. The van der Waals surface area contributed by atoms with Gasteiger partial charge in [-0.2, -0.15) is 0 Å². The third kappa shape index (κ3) is 10.1. The summed E-state index contributed by atoms with van der Waals surface area (Å²) in [6.45, 7) is 6.88. The molecule has 2 N–H and O–H groups in total. The van der Waals surface area contributed by atoms with Gasteiger partial charge >= 0.3 is 0 Å². The first kappa shape index (κ1) is 14.8. The van der Waals surface area contributed by atoms with Crippen LogP contribution in [0.25, 0.3) is 0 Å². The van der Waals surface area contributed by atoms with E-state index < -0.39 is 6.43 Å². The quantitative estimate of drug-likeness (QED) is 0.747. The smallest absolute Gasteiger partial charge is 0.251 e. The summed E-state index contributed by atoms with van der Waals surface area (Å²) < 4.78 is 24.0. The van der Waals surface area contributed by atoms with Gasteiger partial charge in [-0.25, -0.2) is 8.78 Å². The zero-order valence-corrected chi connectivity index (χ0v) is 10.3. The van der Waals surface area contributed by atoms with Crippen LogP contribution in [0.4, 0.5) is 8.78 Å². The zero-order chi connectivity index (χ0) is 12.1. The third-order valence-corrected chi connectivity index (χ3v) is 2.21. The fourth-order valence-corrected chi connectivity index (χ4v) is 1.60. The molecule has 0 amide bonds. The van der Waals surface area contributed by atoms with E-state index >= 15 is 0 Å². The predicted molar refractivity (Wildman–Crippen MR) is 60.2 cm³/mol. The summed E-state index contributed by atoms with van der Waals surface area (Å²) >= 11 is 0. The molecule has 2 nitrogen and oxygen atoms in total. The van der Waals surface area contributed by atoms with Gasteiger partial charge < -0.3 is 10.6 Å². The molecule has 0 saturated carbocycles. The molecule has 0 aliphatic carbocycles. The Morgan fingerprint density at radius 3 is 2.20 bits per heavy atom. The summed E-state index contributed by atoms with van der Waals surface area (Å²) in [7, 11) is 1.70. The van der Waals surface area contributed by atoms with Crippen LogP contribution in [0.3, 0.4) is 0 Å². The van der Waals surface area contributed by atoms with Crippen molar-refractivity contribution in [2.24, 2.45) is 11.1 Å². The molecule has 0 aromatic heterocycles. The van der Waals surface area contributed by atoms with Gasteiger partial charge in [0.15, 0.2) is 0 Å². The maximum absolute atomic E-state index is 12.0. The van der Waals surface area contributed by atoms with Crippen LogP contribution in [0, 0.1) is 5.41 Å². The number of nitrogens with zero attached hydrogens (tertiary/aromatic N) is 1. The number of rotatable bonds is 6. The van der Waals surface area contributed by atoms with Gasteiger partial charge in [-0.05, 0) is 31.8 Å². The fourth-order valence-electron chi connectivity index (χ4n) is 1.60. The molecule has 0 fully saturated rings. The average Bonchev–Trinajstić information content (AvgIpc) is 1.96. The molecule has 0 aromatic carbocycles. The highest BCUT2D eigenvalue weighted by Gasteiger charge is 2.16. The van der Waals surface area contributed by atoms with Gasteiger partial charge in [0.2, 0.25) is 0 Å². The van der Waals surface area contributed by atoms with E-state index in [1.54, 1.807) is 11.9 Å². The van der Waals surface area contributed by atoms with Gasteiger partial charge in [0, 0.05) is 6.04 Å². The molecule has 1 atom stereocenters. The minimum Gasteiger partial charge on any atom is -0.328 e. The average molecular weight is 222 g/mol. The molecule has 0 bridgehead atoms. The molecule has 0 spiro atoms. The zero-order valence-electron chi connectivity index (χ0n) is 10.3. The number of halogens is 2. The van der Waals surface area contributed by atoms with Crippen molar-refractivity contribution < 1.29 is 8.78 Å². The molecule has 0 rings (SSSR count). The Kier molecular flexibility index (Phi) is 6.29. The first-order valence-corrected chi connectivity index (χ1v) is 5.43. The van der Waals surface area contributed by atoms with Gasteiger partial charge in [0.1, 0.15) is 0 Å². The van der Waals surface area contributed by atoms with Crippen LogP contribution in [0.1, 0.15) is 33.6 Å². The van der Waals surface area contributed by atoms with E-state index in [4.69, 9.17) is 5.73 Å². The van der Waals surface area contributed by atoms with Crippen LogP contribution in [-0.2, 0) is 0 Å². The van der Waals surface area contributed by atoms with E-state index in [9.17, 15) is 8.78 Å². The van der Waals surface area contributed by atoms with Crippen molar-refractivity contribution in [3.8, 4) is 0 Å². The lowest BCUT2D eigenvalue weighted by Crippen LogP contribution is -2.33. The Morgan fingerprint density at radius 1 is 1.27 bits per heavy atom. The van der Waals surface area contributed by atoms with Crippen LogP contribution in [0.5, 0.6) is 0 Å². The monoisotopic (exact) mass is 222 g/mol. The lowest BCUT2D eigenvalue weighted by molar-refractivity contribution is 0.0983. The summed E-state index contributed by atoms with van der Waals surface area (Å²) in [5, 5.41) is 0. The SMILES string of the molecule is CN(CCC(N)CC(C)(C)C)CC(F)F. The highest BCUT2D eigenvalue weighted by atomic mass is 19.3. The summed E-state index contributed by atoms with van der Waals surface area (Å²) in [6.07, 6.45) is -0.551. The number of alkyl halides is 2. The lowest BCUT2D eigenvalue weighted by Gasteiger charge is -2.25. The molecule has 1 unspecified atom stereocenters. The lowest BCUT2D eigenvalue weighted by atomic mass is 9.87. The molecule has 0 aliphatic rings. The summed E-state index contributed by atoms with van der Waals surface area (Å²) in [5.41, 5.74) is 6.13. The second kappa shape index (κ2) is 6.38. The topological polar surface area (TPSA) is 29.3 Å². The van der Waals surface area contributed by atoms with Crippen LogP contribution in [0.2, 0.25) is 0 Å². The van der Waals surface area contributed by atoms with Crippen molar-refractivity contribution in [1.82, 2.24) is 4.90 Å². The number of nitrogens with two attached hydrogens (primary N) is 1. The van der Waals surface area contributed by atoms with E-state index in [0.717, 1.165) is 12.8 Å². The molecule has 15 heavy (non-hydrogen) atoms. The van der Waals surface area contributed by atoms with Crippen LogP contribution < -0.4 is 5.73 Å². The van der Waals surface area contributed by atoms with Gasteiger partial charge in [0.05, 0.1) is 6.54 Å². The Hall–Kier alpha value is -0.220. The Balaban J connectivity index is 3.66. The molecule has 0 saturated heterocycles. The van der Waals surface area contributed by atoms with E-state index in [1.165, 1.54) is 0 Å². The van der Waals surface area contributed by atoms with E-state index in [0.29, 0.717) is 6.54 Å². The molecule has 92 valence electrons. The van der Waals surface area contributed by atoms with Gasteiger partial charge in [-0.1, -0.05) is 20.8 Å². The molecule has 4 heteroatoms. The molecule has 0 heterocycles. The van der Waals surface area contributed by atoms with E-state index in [1.807, 2.05) is 0 Å². The van der Waals surface area contributed by atoms with Crippen LogP contribution >= 0.6 is 0 Å². The molecular formula is C11H24F2N2.